The second-order valence-corrected chi connectivity index (χ2v) is 4.03. The Morgan fingerprint density at radius 1 is 1.91 bits per heavy atom. The number of rotatable bonds is 2. The van der Waals surface area contributed by atoms with Crippen molar-refractivity contribution in [1.82, 2.24) is 4.90 Å². The van der Waals surface area contributed by atoms with E-state index in [-0.39, 0.29) is 11.2 Å². The molecule has 1 unspecified atom stereocenters. The summed E-state index contributed by atoms with van der Waals surface area (Å²) in [5.41, 5.74) is 0. The van der Waals surface area contributed by atoms with Crippen molar-refractivity contribution in [2.24, 2.45) is 0 Å². The van der Waals surface area contributed by atoms with E-state index < -0.39 is 0 Å². The van der Waals surface area contributed by atoms with Gasteiger partial charge in [-0.25, -0.2) is 0 Å². The summed E-state index contributed by atoms with van der Waals surface area (Å²) in [6.07, 6.45) is 1.78. The van der Waals surface area contributed by atoms with Crippen molar-refractivity contribution in [3.63, 3.8) is 0 Å². The van der Waals surface area contributed by atoms with Gasteiger partial charge in [-0.05, 0) is 6.92 Å². The van der Waals surface area contributed by atoms with E-state index in [0.717, 1.165) is 12.3 Å². The molecule has 0 spiro atoms. The molecule has 0 saturated carbocycles. The van der Waals surface area contributed by atoms with Crippen molar-refractivity contribution in [3.05, 3.63) is 12.7 Å². The zero-order chi connectivity index (χ0) is 8.27. The summed E-state index contributed by atoms with van der Waals surface area (Å²) in [6.45, 7) is 7.15. The summed E-state index contributed by atoms with van der Waals surface area (Å²) >= 11 is 1.73. The van der Waals surface area contributed by atoms with Gasteiger partial charge in [0.05, 0.1) is 5.25 Å². The average molecular weight is 171 g/mol. The Morgan fingerprint density at radius 2 is 2.64 bits per heavy atom. The predicted octanol–water partition coefficient (Wildman–Crippen LogP) is 1.14. The van der Waals surface area contributed by atoms with E-state index >= 15 is 0 Å². The van der Waals surface area contributed by atoms with Crippen LogP contribution < -0.4 is 0 Å². The third-order valence-corrected chi connectivity index (χ3v) is 2.86. The first-order valence-electron chi connectivity index (χ1n) is 3.77. The van der Waals surface area contributed by atoms with Gasteiger partial charge < -0.3 is 4.90 Å². The average Bonchev–Trinajstić information content (AvgIpc) is 1.99. The number of thioether (sulfide) groups is 1. The van der Waals surface area contributed by atoms with Crippen molar-refractivity contribution in [2.45, 2.75) is 12.2 Å². The van der Waals surface area contributed by atoms with E-state index in [1.807, 2.05) is 11.8 Å². The third-order valence-electron chi connectivity index (χ3n) is 1.74. The summed E-state index contributed by atoms with van der Waals surface area (Å²) in [5.74, 6) is 1.31. The van der Waals surface area contributed by atoms with Gasteiger partial charge in [-0.3, -0.25) is 4.79 Å². The molecule has 11 heavy (non-hydrogen) atoms. The van der Waals surface area contributed by atoms with Crippen molar-refractivity contribution >= 4 is 17.7 Å². The highest BCUT2D eigenvalue weighted by Crippen LogP contribution is 2.18. The minimum absolute atomic E-state index is 0.142. The van der Waals surface area contributed by atoms with E-state index in [9.17, 15) is 4.79 Å². The smallest absolute Gasteiger partial charge is 0.235 e. The number of amides is 1. The number of carbonyl (C=O) groups is 1. The van der Waals surface area contributed by atoms with Crippen LogP contribution in [0.1, 0.15) is 6.92 Å². The van der Waals surface area contributed by atoms with Gasteiger partial charge in [0.15, 0.2) is 0 Å². The largest absolute Gasteiger partial charge is 0.337 e. The van der Waals surface area contributed by atoms with Gasteiger partial charge in [0.2, 0.25) is 5.91 Å². The maximum absolute atomic E-state index is 11.4. The van der Waals surface area contributed by atoms with Crippen LogP contribution in [0.15, 0.2) is 12.7 Å². The lowest BCUT2D eigenvalue weighted by Crippen LogP contribution is -2.42. The topological polar surface area (TPSA) is 20.3 Å². The number of carbonyl (C=O) groups excluding carboxylic acids is 1. The minimum Gasteiger partial charge on any atom is -0.337 e. The molecule has 1 heterocycles. The lowest BCUT2D eigenvalue weighted by atomic mass is 10.3. The molecule has 0 bridgehead atoms. The lowest BCUT2D eigenvalue weighted by molar-refractivity contribution is -0.129. The Balaban J connectivity index is 2.51. The van der Waals surface area contributed by atoms with Crippen LogP contribution in [-0.2, 0) is 4.79 Å². The van der Waals surface area contributed by atoms with Crippen molar-refractivity contribution in [1.29, 1.82) is 0 Å². The van der Waals surface area contributed by atoms with Crippen LogP contribution in [0.4, 0.5) is 0 Å². The first kappa shape index (κ1) is 8.65. The number of nitrogens with zero attached hydrogens (tertiary/aromatic N) is 1. The summed E-state index contributed by atoms with van der Waals surface area (Å²) < 4.78 is 0. The first-order valence-corrected chi connectivity index (χ1v) is 4.82. The van der Waals surface area contributed by atoms with Gasteiger partial charge in [0.25, 0.3) is 0 Å². The highest BCUT2D eigenvalue weighted by atomic mass is 32.2. The van der Waals surface area contributed by atoms with Crippen LogP contribution in [0, 0.1) is 0 Å². The fourth-order valence-electron chi connectivity index (χ4n) is 1.12. The van der Waals surface area contributed by atoms with E-state index in [0.29, 0.717) is 6.54 Å². The molecule has 2 nitrogen and oxygen atoms in total. The van der Waals surface area contributed by atoms with E-state index in [4.69, 9.17) is 0 Å². The molecule has 1 atom stereocenters. The molecule has 1 rings (SSSR count). The van der Waals surface area contributed by atoms with Crippen LogP contribution in [-0.4, -0.2) is 34.9 Å². The fraction of sp³-hybridized carbons (Fsp3) is 0.625. The fourth-order valence-corrected chi connectivity index (χ4v) is 2.09. The maximum Gasteiger partial charge on any atom is 0.235 e. The van der Waals surface area contributed by atoms with Crippen LogP contribution in [0.5, 0.6) is 0 Å². The second kappa shape index (κ2) is 3.81. The molecule has 0 aromatic heterocycles. The van der Waals surface area contributed by atoms with Gasteiger partial charge in [0.1, 0.15) is 0 Å². The van der Waals surface area contributed by atoms with E-state index in [1.54, 1.807) is 17.8 Å². The molecule has 0 aliphatic carbocycles. The Labute approximate surface area is 71.6 Å². The highest BCUT2D eigenvalue weighted by Gasteiger charge is 2.24. The van der Waals surface area contributed by atoms with Crippen molar-refractivity contribution < 1.29 is 4.79 Å². The number of hydrogen-bond donors (Lipinski definition) is 0. The molecule has 0 aromatic carbocycles. The Kier molecular flexibility index (Phi) is 3.00. The molecule has 0 N–H and O–H groups in total. The molecule has 1 aliphatic heterocycles. The summed E-state index contributed by atoms with van der Waals surface area (Å²) in [4.78, 5) is 13.2. The third kappa shape index (κ3) is 1.99. The van der Waals surface area contributed by atoms with E-state index in [1.165, 1.54) is 0 Å². The van der Waals surface area contributed by atoms with Crippen molar-refractivity contribution in [3.8, 4) is 0 Å². The molecule has 1 fully saturated rings. The standard InChI is InChI=1S/C8H13NOS/c1-3-4-9-5-6-11-7(2)8(9)10/h3,7H,1,4-6H2,2H3. The van der Waals surface area contributed by atoms with Crippen LogP contribution in [0.25, 0.3) is 0 Å². The molecule has 1 amide bonds. The van der Waals surface area contributed by atoms with Crippen LogP contribution >= 0.6 is 11.8 Å². The zero-order valence-corrected chi connectivity index (χ0v) is 7.56. The molecular formula is C8H13NOS. The molecular weight excluding hydrogens is 158 g/mol. The van der Waals surface area contributed by atoms with Crippen LogP contribution in [0.2, 0.25) is 0 Å². The Hall–Kier alpha value is -0.440. The van der Waals surface area contributed by atoms with Gasteiger partial charge in [-0.1, -0.05) is 6.08 Å². The normalized spacial score (nSPS) is 25.4. The first-order chi connectivity index (χ1) is 5.25. The molecule has 1 aliphatic rings. The maximum atomic E-state index is 11.4. The zero-order valence-electron chi connectivity index (χ0n) is 6.75. The molecule has 0 aromatic rings. The molecule has 3 heteroatoms. The van der Waals surface area contributed by atoms with Gasteiger partial charge >= 0.3 is 0 Å². The Morgan fingerprint density at radius 3 is 3.27 bits per heavy atom. The van der Waals surface area contributed by atoms with Crippen LogP contribution in [0.3, 0.4) is 0 Å². The van der Waals surface area contributed by atoms with Gasteiger partial charge in [-0.2, -0.15) is 0 Å². The van der Waals surface area contributed by atoms with Gasteiger partial charge in [0, 0.05) is 18.8 Å². The quantitative estimate of drug-likeness (QED) is 0.581. The lowest BCUT2D eigenvalue weighted by Gasteiger charge is -2.29. The molecule has 1 saturated heterocycles. The van der Waals surface area contributed by atoms with Gasteiger partial charge in [-0.15, -0.1) is 18.3 Å². The summed E-state index contributed by atoms with van der Waals surface area (Å²) in [7, 11) is 0. The Bertz CT molecular complexity index is 169. The minimum atomic E-state index is 0.142. The summed E-state index contributed by atoms with van der Waals surface area (Å²) in [6, 6.07) is 0. The van der Waals surface area contributed by atoms with E-state index in [2.05, 4.69) is 6.58 Å². The van der Waals surface area contributed by atoms with Crippen molar-refractivity contribution in [2.75, 3.05) is 18.8 Å². The SMILES string of the molecule is C=CCN1CCSC(C)C1=O. The number of hydrogen-bond acceptors (Lipinski definition) is 2. The highest BCUT2D eigenvalue weighted by molar-refractivity contribution is 8.00. The molecule has 62 valence electrons. The monoisotopic (exact) mass is 171 g/mol. The summed E-state index contributed by atoms with van der Waals surface area (Å²) in [5, 5.41) is 0.142. The molecule has 0 radical (unpaired) electrons. The predicted molar refractivity (Wildman–Crippen MR) is 48.7 cm³/mol. The second-order valence-electron chi connectivity index (χ2n) is 2.59.